The maximum absolute atomic E-state index is 11.8. The van der Waals surface area contributed by atoms with Crippen LogP contribution in [0.4, 0.5) is 22.7 Å². The Kier molecular flexibility index (Phi) is 2.42. The smallest absolute Gasteiger partial charge is 0.230 e. The molecule has 0 spiro atoms. The van der Waals surface area contributed by atoms with Gasteiger partial charge >= 0.3 is 0 Å². The molecule has 3 aromatic rings. The Balaban J connectivity index is 2.77. The average Bonchev–Trinajstić information content (AvgIpc) is 2.52. The number of benzene rings is 2. The summed E-state index contributed by atoms with van der Waals surface area (Å²) in [7, 11) is 0. The third-order valence-corrected chi connectivity index (χ3v) is 3.56. The fraction of sp³-hybridized carbons (Fsp3) is 0. The van der Waals surface area contributed by atoms with E-state index in [1.54, 1.807) is 0 Å². The first-order valence-corrected chi connectivity index (χ1v) is 6.06. The molecule has 12 N–H and O–H groups in total. The third-order valence-electron chi connectivity index (χ3n) is 3.56. The van der Waals surface area contributed by atoms with Crippen LogP contribution in [0.1, 0.15) is 0 Å². The predicted octanol–water partition coefficient (Wildman–Crippen LogP) is -1.90. The first kappa shape index (κ1) is 13.4. The van der Waals surface area contributed by atoms with Gasteiger partial charge in [0.25, 0.3) is 0 Å². The molecule has 0 bridgehead atoms. The number of nitrogens with two attached hydrogens (primary N) is 4. The second-order valence-corrected chi connectivity index (χ2v) is 4.81. The van der Waals surface area contributed by atoms with Crippen molar-refractivity contribution < 1.29 is 0 Å². The molecule has 0 aliphatic heterocycles. The molecule has 10 nitrogen and oxygen atoms in total. The van der Waals surface area contributed by atoms with E-state index < -0.39 is 21.6 Å². The quantitative estimate of drug-likeness (QED) is 0.175. The minimum atomic E-state index is -0.730. The maximum Gasteiger partial charge on any atom is 0.230 e. The fourth-order valence-electron chi connectivity index (χ4n) is 2.29. The Morgan fingerprint density at radius 1 is 0.591 bits per heavy atom. The summed E-state index contributed by atoms with van der Waals surface area (Å²) in [6.07, 6.45) is 0. The van der Waals surface area contributed by atoms with Crippen molar-refractivity contribution >= 4 is 44.8 Å². The van der Waals surface area contributed by atoms with Gasteiger partial charge in [-0.15, -0.1) is 0 Å². The van der Waals surface area contributed by atoms with E-state index in [9.17, 15) is 9.59 Å². The minimum absolute atomic E-state index is 0.0606. The molecule has 3 rings (SSSR count). The number of hydrogen-bond acceptors (Lipinski definition) is 8. The molecule has 1 aromatic heterocycles. The summed E-state index contributed by atoms with van der Waals surface area (Å²) >= 11 is 0. The highest BCUT2D eigenvalue weighted by molar-refractivity contribution is 6.02. The van der Waals surface area contributed by atoms with Crippen molar-refractivity contribution in [1.29, 1.82) is 10.8 Å². The molecule has 2 aromatic carbocycles. The van der Waals surface area contributed by atoms with Crippen molar-refractivity contribution in [1.82, 2.24) is 9.97 Å². The lowest BCUT2D eigenvalue weighted by Gasteiger charge is -2.10. The Bertz CT molecular complexity index is 1190. The monoisotopic (exact) mass is 300 g/mol. The van der Waals surface area contributed by atoms with Crippen LogP contribution in [0.25, 0.3) is 22.1 Å². The Morgan fingerprint density at radius 2 is 1.05 bits per heavy atom. The van der Waals surface area contributed by atoms with Crippen LogP contribution in [-0.2, 0) is 0 Å². The molecule has 0 saturated carbocycles. The van der Waals surface area contributed by atoms with Crippen molar-refractivity contribution in [3.05, 3.63) is 31.2 Å². The van der Waals surface area contributed by atoms with Crippen LogP contribution in [0.2, 0.25) is 0 Å². The zero-order chi connectivity index (χ0) is 16.3. The van der Waals surface area contributed by atoms with E-state index in [4.69, 9.17) is 33.8 Å². The van der Waals surface area contributed by atoms with Crippen molar-refractivity contribution in [2.24, 2.45) is 0 Å². The molecule has 22 heavy (non-hydrogen) atoms. The van der Waals surface area contributed by atoms with E-state index in [1.165, 1.54) is 0 Å². The van der Waals surface area contributed by atoms with Crippen LogP contribution in [0.5, 0.6) is 0 Å². The molecule has 0 aliphatic carbocycles. The molecule has 0 fully saturated rings. The number of nitrogens with one attached hydrogen (secondary N) is 4. The summed E-state index contributed by atoms with van der Waals surface area (Å²) in [6, 6.07) is 0. The summed E-state index contributed by atoms with van der Waals surface area (Å²) < 4.78 is 0. The number of anilines is 4. The summed E-state index contributed by atoms with van der Waals surface area (Å²) in [6.45, 7) is 0. The molecule has 0 aliphatic rings. The van der Waals surface area contributed by atoms with E-state index in [-0.39, 0.29) is 44.8 Å². The van der Waals surface area contributed by atoms with Crippen LogP contribution in [-0.4, -0.2) is 9.97 Å². The third kappa shape index (κ3) is 1.43. The molecule has 0 unspecified atom stereocenters. The number of aromatic nitrogens is 2. The van der Waals surface area contributed by atoms with Gasteiger partial charge in [-0.1, -0.05) is 0 Å². The standard InChI is InChI=1S/C12H12N8O2/c13-1-3(15)11(21)5(17)9-7(1)19-10-6(18)12(22)4(16)2(14)8(10)20-9/h15,18-20H,13-14,16-17H2. The Labute approximate surface area is 120 Å². The van der Waals surface area contributed by atoms with Crippen molar-refractivity contribution in [3.63, 3.8) is 0 Å². The van der Waals surface area contributed by atoms with E-state index in [2.05, 4.69) is 9.97 Å². The SMILES string of the molecule is N=c1c(N)c2[nH]c3c(=N)c(=O)c(N)c(N)c3[nH]c2c(N)c1=O. The average molecular weight is 300 g/mol. The number of rotatable bonds is 0. The largest absolute Gasteiger partial charge is 0.395 e. The van der Waals surface area contributed by atoms with Gasteiger partial charge in [-0.05, 0) is 0 Å². The van der Waals surface area contributed by atoms with Crippen LogP contribution in [0.15, 0.2) is 9.59 Å². The van der Waals surface area contributed by atoms with E-state index in [0.29, 0.717) is 0 Å². The highest BCUT2D eigenvalue weighted by Crippen LogP contribution is 2.24. The molecule has 112 valence electrons. The van der Waals surface area contributed by atoms with Gasteiger partial charge in [-0.25, -0.2) is 0 Å². The Hall–Kier alpha value is -3.56. The number of nitrogen functional groups attached to an aromatic ring is 4. The number of fused-ring (bicyclic) bond motifs is 2. The van der Waals surface area contributed by atoms with Gasteiger partial charge in [-0.3, -0.25) is 20.4 Å². The van der Waals surface area contributed by atoms with Crippen molar-refractivity contribution in [2.75, 3.05) is 22.9 Å². The molecule has 10 heteroatoms. The first-order chi connectivity index (χ1) is 10.3. The summed E-state index contributed by atoms with van der Waals surface area (Å²) in [5.41, 5.74) is 21.2. The van der Waals surface area contributed by atoms with Gasteiger partial charge in [0.1, 0.15) is 22.1 Å². The highest BCUT2D eigenvalue weighted by Gasteiger charge is 2.16. The molecule has 0 atom stereocenters. The normalized spacial score (nSPS) is 11.3. The van der Waals surface area contributed by atoms with Crippen LogP contribution in [0.3, 0.4) is 0 Å². The van der Waals surface area contributed by atoms with Crippen molar-refractivity contribution in [2.45, 2.75) is 0 Å². The molecule has 0 saturated heterocycles. The fourth-order valence-corrected chi connectivity index (χ4v) is 2.29. The van der Waals surface area contributed by atoms with Crippen LogP contribution in [0, 0.1) is 10.8 Å². The van der Waals surface area contributed by atoms with E-state index >= 15 is 0 Å². The van der Waals surface area contributed by atoms with Gasteiger partial charge in [0.15, 0.2) is 0 Å². The van der Waals surface area contributed by atoms with Crippen LogP contribution >= 0.6 is 0 Å². The molecule has 0 radical (unpaired) electrons. The van der Waals surface area contributed by atoms with Crippen LogP contribution < -0.4 is 44.5 Å². The molecular weight excluding hydrogens is 288 g/mol. The van der Waals surface area contributed by atoms with E-state index in [1.807, 2.05) is 0 Å². The summed E-state index contributed by atoms with van der Waals surface area (Å²) in [4.78, 5) is 29.2. The lowest BCUT2D eigenvalue weighted by Crippen LogP contribution is -2.31. The second kappa shape index (κ2) is 3.97. The highest BCUT2D eigenvalue weighted by atomic mass is 16.1. The van der Waals surface area contributed by atoms with Gasteiger partial charge in [0.2, 0.25) is 10.9 Å². The van der Waals surface area contributed by atoms with Gasteiger partial charge in [0, 0.05) is 0 Å². The zero-order valence-electron chi connectivity index (χ0n) is 11.1. The number of aromatic amines is 2. The first-order valence-electron chi connectivity index (χ1n) is 6.06. The predicted molar refractivity (Wildman–Crippen MR) is 83.2 cm³/mol. The second-order valence-electron chi connectivity index (χ2n) is 4.81. The number of H-pyrrole nitrogens is 2. The minimum Gasteiger partial charge on any atom is -0.395 e. The topological polar surface area (TPSA) is 218 Å². The van der Waals surface area contributed by atoms with Crippen molar-refractivity contribution in [3.8, 4) is 0 Å². The Morgan fingerprint density at radius 3 is 1.68 bits per heavy atom. The molecular formula is C12H12N8O2. The zero-order valence-corrected chi connectivity index (χ0v) is 11.1. The van der Waals surface area contributed by atoms with Gasteiger partial charge in [-0.2, -0.15) is 0 Å². The maximum atomic E-state index is 11.8. The lowest BCUT2D eigenvalue weighted by atomic mass is 10.1. The van der Waals surface area contributed by atoms with Gasteiger partial charge < -0.3 is 32.9 Å². The lowest BCUT2D eigenvalue weighted by molar-refractivity contribution is 1.21. The number of hydrogen-bond donors (Lipinski definition) is 8. The summed E-state index contributed by atoms with van der Waals surface area (Å²) in [5, 5.41) is 14.6. The molecule has 0 amide bonds. The van der Waals surface area contributed by atoms with Gasteiger partial charge in [0.05, 0.1) is 33.4 Å². The molecule has 1 heterocycles. The summed E-state index contributed by atoms with van der Waals surface area (Å²) in [5.74, 6) is 0. The van der Waals surface area contributed by atoms with E-state index in [0.717, 1.165) is 0 Å².